The first kappa shape index (κ1) is 23.6. The van der Waals surface area contributed by atoms with Crippen LogP contribution in [0.25, 0.3) is 0 Å². The molecule has 2 amide bonds. The zero-order chi connectivity index (χ0) is 19.2. The number of nitrogens with one attached hydrogen (secondary N) is 2. The third-order valence-electron chi connectivity index (χ3n) is 3.66. The standard InChI is InChI=1S/C18H33ClN4O2/c1-7-10-16(8-2)23(13-20-6)18(24)22-17(14(3)4)15(5)25-12-9-11-21-19/h8,10,13-15,17,21H,2,7,9,11-12H2,1,3-6H3,(H,22,24). The maximum atomic E-state index is 12.8. The summed E-state index contributed by atoms with van der Waals surface area (Å²) in [5.74, 6) is 0.216. The Morgan fingerprint density at radius 1 is 1.40 bits per heavy atom. The van der Waals surface area contributed by atoms with Crippen LogP contribution < -0.4 is 10.2 Å². The van der Waals surface area contributed by atoms with Crippen LogP contribution in [-0.4, -0.2) is 49.6 Å². The highest BCUT2D eigenvalue weighted by molar-refractivity contribution is 6.13. The Morgan fingerprint density at radius 3 is 2.56 bits per heavy atom. The molecule has 0 saturated heterocycles. The normalized spacial score (nSPS) is 14.6. The lowest BCUT2D eigenvalue weighted by Gasteiger charge is -2.31. The molecule has 2 N–H and O–H groups in total. The molecule has 0 fully saturated rings. The van der Waals surface area contributed by atoms with Gasteiger partial charge in [-0.25, -0.2) is 9.63 Å². The van der Waals surface area contributed by atoms with Gasteiger partial charge in [0.1, 0.15) is 0 Å². The second kappa shape index (κ2) is 13.9. The highest BCUT2D eigenvalue weighted by Crippen LogP contribution is 2.13. The van der Waals surface area contributed by atoms with Crippen molar-refractivity contribution in [3.63, 3.8) is 0 Å². The van der Waals surface area contributed by atoms with Crippen molar-refractivity contribution in [3.8, 4) is 0 Å². The van der Waals surface area contributed by atoms with Gasteiger partial charge in [-0.15, -0.1) is 0 Å². The third kappa shape index (κ3) is 9.05. The lowest BCUT2D eigenvalue weighted by Crippen LogP contribution is -2.51. The number of rotatable bonds is 12. The molecule has 0 aromatic rings. The average molecular weight is 373 g/mol. The summed E-state index contributed by atoms with van der Waals surface area (Å²) in [5.41, 5.74) is 0.704. The Morgan fingerprint density at radius 2 is 2.08 bits per heavy atom. The van der Waals surface area contributed by atoms with Gasteiger partial charge in [-0.1, -0.05) is 33.4 Å². The SMILES string of the molecule is C=CC(=CCC)N(C=NC)C(=O)NC(C(C)C)C(C)OCCCNCl. The first-order valence-corrected chi connectivity index (χ1v) is 9.10. The molecule has 0 heterocycles. The molecule has 0 aromatic carbocycles. The van der Waals surface area contributed by atoms with Gasteiger partial charge in [-0.05, 0) is 43.5 Å². The summed E-state index contributed by atoms with van der Waals surface area (Å²) in [6.07, 6.45) is 6.55. The summed E-state index contributed by atoms with van der Waals surface area (Å²) in [6.45, 7) is 13.1. The van der Waals surface area contributed by atoms with Crippen molar-refractivity contribution in [1.82, 2.24) is 15.1 Å². The lowest BCUT2D eigenvalue weighted by atomic mass is 9.99. The predicted molar refractivity (Wildman–Crippen MR) is 106 cm³/mol. The van der Waals surface area contributed by atoms with Crippen LogP contribution in [-0.2, 0) is 4.74 Å². The molecule has 0 radical (unpaired) electrons. The summed E-state index contributed by atoms with van der Waals surface area (Å²) < 4.78 is 5.84. The quantitative estimate of drug-likeness (QED) is 0.180. The van der Waals surface area contributed by atoms with Gasteiger partial charge in [0.05, 0.1) is 18.5 Å². The number of carbonyl (C=O) groups excluding carboxylic acids is 1. The van der Waals surface area contributed by atoms with Crippen LogP contribution in [0.4, 0.5) is 4.79 Å². The van der Waals surface area contributed by atoms with Crippen LogP contribution >= 0.6 is 11.8 Å². The number of allylic oxidation sites excluding steroid dienone is 2. The Labute approximate surface area is 157 Å². The molecule has 0 aliphatic heterocycles. The molecule has 25 heavy (non-hydrogen) atoms. The second-order valence-electron chi connectivity index (χ2n) is 6.02. The van der Waals surface area contributed by atoms with E-state index in [9.17, 15) is 4.79 Å². The van der Waals surface area contributed by atoms with Gasteiger partial charge in [0.15, 0.2) is 0 Å². The van der Waals surface area contributed by atoms with E-state index in [2.05, 4.69) is 35.6 Å². The van der Waals surface area contributed by atoms with E-state index in [1.807, 2.05) is 19.9 Å². The lowest BCUT2D eigenvalue weighted by molar-refractivity contribution is 0.0284. The fourth-order valence-electron chi connectivity index (χ4n) is 2.39. The summed E-state index contributed by atoms with van der Waals surface area (Å²) in [6, 6.07) is -0.376. The number of nitrogens with zero attached hydrogens (tertiary/aromatic N) is 2. The number of amides is 2. The number of aliphatic imine (C=N–C) groups is 1. The van der Waals surface area contributed by atoms with E-state index in [-0.39, 0.29) is 24.1 Å². The first-order chi connectivity index (χ1) is 11.9. The van der Waals surface area contributed by atoms with E-state index >= 15 is 0 Å². The number of halogens is 1. The first-order valence-electron chi connectivity index (χ1n) is 8.72. The van der Waals surface area contributed by atoms with Crippen molar-refractivity contribution < 1.29 is 9.53 Å². The van der Waals surface area contributed by atoms with Crippen LogP contribution in [0.2, 0.25) is 0 Å². The topological polar surface area (TPSA) is 66.0 Å². The summed E-state index contributed by atoms with van der Waals surface area (Å²) in [7, 11) is 1.63. The molecule has 7 heteroatoms. The van der Waals surface area contributed by atoms with E-state index in [0.717, 1.165) is 12.8 Å². The highest BCUT2D eigenvalue weighted by Gasteiger charge is 2.26. The Kier molecular flexibility index (Phi) is 13.1. The minimum Gasteiger partial charge on any atom is -0.376 e. The molecule has 0 aromatic heterocycles. The fraction of sp³-hybridized carbons (Fsp3) is 0.667. The predicted octanol–water partition coefficient (Wildman–Crippen LogP) is 3.70. The monoisotopic (exact) mass is 372 g/mol. The largest absolute Gasteiger partial charge is 0.376 e. The third-order valence-corrected chi connectivity index (χ3v) is 3.85. The Bertz CT molecular complexity index is 452. The molecule has 0 spiro atoms. The minimum atomic E-state index is -0.248. The minimum absolute atomic E-state index is 0.123. The van der Waals surface area contributed by atoms with Crippen molar-refractivity contribution in [2.45, 2.75) is 52.7 Å². The molecule has 2 atom stereocenters. The van der Waals surface area contributed by atoms with E-state index < -0.39 is 0 Å². The Balaban J connectivity index is 5.04. The van der Waals surface area contributed by atoms with Gasteiger partial charge in [0, 0.05) is 25.9 Å². The molecular weight excluding hydrogens is 340 g/mol. The van der Waals surface area contributed by atoms with Crippen molar-refractivity contribution in [1.29, 1.82) is 0 Å². The van der Waals surface area contributed by atoms with Gasteiger partial charge in [0.25, 0.3) is 0 Å². The maximum Gasteiger partial charge on any atom is 0.327 e. The Hall–Kier alpha value is -1.37. The van der Waals surface area contributed by atoms with E-state index in [1.54, 1.807) is 13.1 Å². The van der Waals surface area contributed by atoms with E-state index in [4.69, 9.17) is 16.5 Å². The molecule has 6 nitrogen and oxygen atoms in total. The van der Waals surface area contributed by atoms with Crippen LogP contribution in [0, 0.1) is 5.92 Å². The van der Waals surface area contributed by atoms with Crippen molar-refractivity contribution in [3.05, 3.63) is 24.4 Å². The second-order valence-corrected chi connectivity index (χ2v) is 6.28. The van der Waals surface area contributed by atoms with Gasteiger partial charge in [-0.3, -0.25) is 9.89 Å². The van der Waals surface area contributed by atoms with Crippen molar-refractivity contribution >= 4 is 24.1 Å². The molecular formula is C18H33ClN4O2. The summed E-state index contributed by atoms with van der Waals surface area (Å²) in [5, 5.41) is 3.06. The summed E-state index contributed by atoms with van der Waals surface area (Å²) in [4.78, 5) is 20.8. The van der Waals surface area contributed by atoms with E-state index in [1.165, 1.54) is 11.2 Å². The molecule has 0 bridgehead atoms. The molecule has 0 aliphatic carbocycles. The van der Waals surface area contributed by atoms with Gasteiger partial charge in [0.2, 0.25) is 0 Å². The van der Waals surface area contributed by atoms with Crippen LogP contribution in [0.3, 0.4) is 0 Å². The number of urea groups is 1. The number of hydrogen-bond acceptors (Lipinski definition) is 4. The maximum absolute atomic E-state index is 12.8. The number of carbonyl (C=O) groups is 1. The van der Waals surface area contributed by atoms with Crippen LogP contribution in [0.5, 0.6) is 0 Å². The van der Waals surface area contributed by atoms with Gasteiger partial charge >= 0.3 is 6.03 Å². The van der Waals surface area contributed by atoms with E-state index in [0.29, 0.717) is 18.8 Å². The highest BCUT2D eigenvalue weighted by atomic mass is 35.5. The van der Waals surface area contributed by atoms with Crippen LogP contribution in [0.15, 0.2) is 29.4 Å². The molecule has 2 unspecified atom stereocenters. The van der Waals surface area contributed by atoms with Gasteiger partial charge < -0.3 is 10.1 Å². The molecule has 144 valence electrons. The zero-order valence-electron chi connectivity index (χ0n) is 16.1. The summed E-state index contributed by atoms with van der Waals surface area (Å²) >= 11 is 5.44. The van der Waals surface area contributed by atoms with Crippen molar-refractivity contribution in [2.75, 3.05) is 20.2 Å². The molecule has 0 saturated carbocycles. The number of ether oxygens (including phenoxy) is 1. The average Bonchev–Trinajstić information content (AvgIpc) is 2.58. The smallest absolute Gasteiger partial charge is 0.327 e. The van der Waals surface area contributed by atoms with Gasteiger partial charge in [-0.2, -0.15) is 0 Å². The number of hydrogen-bond donors (Lipinski definition) is 2. The molecule has 0 aliphatic rings. The zero-order valence-corrected chi connectivity index (χ0v) is 16.8. The van der Waals surface area contributed by atoms with Crippen LogP contribution in [0.1, 0.15) is 40.5 Å². The van der Waals surface area contributed by atoms with Crippen molar-refractivity contribution in [2.24, 2.45) is 10.9 Å². The molecule has 0 rings (SSSR count). The fourth-order valence-corrected chi connectivity index (χ4v) is 2.52.